The van der Waals surface area contributed by atoms with Crippen LogP contribution >= 0.6 is 0 Å². The highest BCUT2D eigenvalue weighted by molar-refractivity contribution is 6.04. The second-order valence-corrected chi connectivity index (χ2v) is 3.26. The predicted octanol–water partition coefficient (Wildman–Crippen LogP) is 1.90. The summed E-state index contributed by atoms with van der Waals surface area (Å²) in [6.07, 6.45) is 10.2. The van der Waals surface area contributed by atoms with E-state index in [9.17, 15) is 4.79 Å². The van der Waals surface area contributed by atoms with E-state index in [0.29, 0.717) is 5.56 Å². The molecule has 0 aliphatic heterocycles. The monoisotopic (exact) mass is 202 g/mol. The number of rotatable bonds is 4. The van der Waals surface area contributed by atoms with Gasteiger partial charge in [-0.05, 0) is 30.5 Å². The van der Waals surface area contributed by atoms with Crippen LogP contribution in [-0.4, -0.2) is 29.8 Å². The SMILES string of the molecule is CN(C)/C=C/C=C/C(=O)c1ccncc1. The quantitative estimate of drug-likeness (QED) is 0.424. The summed E-state index contributed by atoms with van der Waals surface area (Å²) in [5.74, 6) is -0.0131. The minimum atomic E-state index is -0.0131. The largest absolute Gasteiger partial charge is 0.383 e. The van der Waals surface area contributed by atoms with Gasteiger partial charge in [-0.3, -0.25) is 9.78 Å². The first-order valence-corrected chi connectivity index (χ1v) is 4.66. The average Bonchev–Trinajstić information content (AvgIpc) is 2.25. The molecule has 78 valence electrons. The first-order chi connectivity index (χ1) is 7.20. The Kier molecular flexibility index (Phi) is 4.29. The van der Waals surface area contributed by atoms with Crippen LogP contribution in [-0.2, 0) is 0 Å². The van der Waals surface area contributed by atoms with E-state index in [0.717, 1.165) is 0 Å². The van der Waals surface area contributed by atoms with E-state index in [1.54, 1.807) is 30.6 Å². The molecule has 1 heterocycles. The Balaban J connectivity index is 2.57. The summed E-state index contributed by atoms with van der Waals surface area (Å²) < 4.78 is 0. The molecular weight excluding hydrogens is 188 g/mol. The van der Waals surface area contributed by atoms with Gasteiger partial charge in [0.05, 0.1) is 0 Å². The van der Waals surface area contributed by atoms with Gasteiger partial charge in [0.2, 0.25) is 0 Å². The standard InChI is InChI=1S/C12H14N2O/c1-14(2)10-4-3-5-12(15)11-6-8-13-9-7-11/h3-10H,1-2H3/b5-3+,10-4+. The summed E-state index contributed by atoms with van der Waals surface area (Å²) in [5, 5.41) is 0. The molecule has 0 atom stereocenters. The Morgan fingerprint density at radius 1 is 1.27 bits per heavy atom. The molecule has 0 radical (unpaired) electrons. The zero-order valence-corrected chi connectivity index (χ0v) is 8.92. The topological polar surface area (TPSA) is 33.2 Å². The van der Waals surface area contributed by atoms with Crippen LogP contribution in [0.25, 0.3) is 0 Å². The lowest BCUT2D eigenvalue weighted by atomic mass is 10.2. The second-order valence-electron chi connectivity index (χ2n) is 3.26. The number of hydrogen-bond acceptors (Lipinski definition) is 3. The lowest BCUT2D eigenvalue weighted by Gasteiger charge is -2.00. The van der Waals surface area contributed by atoms with Crippen molar-refractivity contribution in [2.75, 3.05) is 14.1 Å². The normalized spacial score (nSPS) is 11.1. The smallest absolute Gasteiger partial charge is 0.185 e. The molecule has 0 aliphatic rings. The van der Waals surface area contributed by atoms with Crippen molar-refractivity contribution in [2.45, 2.75) is 0 Å². The second kappa shape index (κ2) is 5.75. The van der Waals surface area contributed by atoms with Gasteiger partial charge in [-0.2, -0.15) is 0 Å². The van der Waals surface area contributed by atoms with Crippen LogP contribution in [0, 0.1) is 0 Å². The molecule has 1 aromatic rings. The maximum Gasteiger partial charge on any atom is 0.185 e. The van der Waals surface area contributed by atoms with Crippen molar-refractivity contribution in [1.29, 1.82) is 0 Å². The first-order valence-electron chi connectivity index (χ1n) is 4.66. The Morgan fingerprint density at radius 3 is 2.53 bits per heavy atom. The van der Waals surface area contributed by atoms with Crippen LogP contribution in [0.5, 0.6) is 0 Å². The van der Waals surface area contributed by atoms with Crippen molar-refractivity contribution in [1.82, 2.24) is 9.88 Å². The Morgan fingerprint density at radius 2 is 1.93 bits per heavy atom. The highest BCUT2D eigenvalue weighted by Crippen LogP contribution is 1.98. The molecule has 0 unspecified atom stereocenters. The summed E-state index contributed by atoms with van der Waals surface area (Å²) in [6.45, 7) is 0. The maximum absolute atomic E-state index is 11.5. The number of nitrogens with zero attached hydrogens (tertiary/aromatic N) is 2. The third-order valence-electron chi connectivity index (χ3n) is 1.71. The third-order valence-corrected chi connectivity index (χ3v) is 1.71. The van der Waals surface area contributed by atoms with E-state index < -0.39 is 0 Å². The van der Waals surface area contributed by atoms with Gasteiger partial charge in [0, 0.05) is 32.1 Å². The molecular formula is C12H14N2O. The van der Waals surface area contributed by atoms with E-state index in [1.165, 1.54) is 6.08 Å². The Hall–Kier alpha value is -1.90. The van der Waals surface area contributed by atoms with Crippen molar-refractivity contribution in [3.05, 3.63) is 54.5 Å². The number of ketones is 1. The van der Waals surface area contributed by atoms with Gasteiger partial charge in [-0.25, -0.2) is 0 Å². The minimum Gasteiger partial charge on any atom is -0.383 e. The molecule has 0 bridgehead atoms. The molecule has 1 rings (SSSR count). The summed E-state index contributed by atoms with van der Waals surface area (Å²) in [7, 11) is 3.85. The fourth-order valence-corrected chi connectivity index (χ4v) is 0.977. The molecule has 3 heteroatoms. The molecule has 3 nitrogen and oxygen atoms in total. The van der Waals surface area contributed by atoms with Crippen LogP contribution in [0.1, 0.15) is 10.4 Å². The molecule has 0 aromatic carbocycles. The third kappa shape index (κ3) is 4.22. The van der Waals surface area contributed by atoms with Gasteiger partial charge < -0.3 is 4.90 Å². The van der Waals surface area contributed by atoms with Gasteiger partial charge in [0.15, 0.2) is 5.78 Å². The fourth-order valence-electron chi connectivity index (χ4n) is 0.977. The molecule has 15 heavy (non-hydrogen) atoms. The average molecular weight is 202 g/mol. The van der Waals surface area contributed by atoms with Gasteiger partial charge in [-0.1, -0.05) is 6.08 Å². The van der Waals surface area contributed by atoms with Crippen molar-refractivity contribution < 1.29 is 4.79 Å². The number of hydrogen-bond donors (Lipinski definition) is 0. The van der Waals surface area contributed by atoms with Gasteiger partial charge in [0.1, 0.15) is 0 Å². The molecule has 0 fully saturated rings. The van der Waals surface area contributed by atoms with E-state index in [4.69, 9.17) is 0 Å². The van der Waals surface area contributed by atoms with E-state index in [2.05, 4.69) is 4.98 Å². The number of allylic oxidation sites excluding steroid dienone is 3. The summed E-state index contributed by atoms with van der Waals surface area (Å²) >= 11 is 0. The minimum absolute atomic E-state index is 0.0131. The summed E-state index contributed by atoms with van der Waals surface area (Å²) in [4.78, 5) is 17.3. The van der Waals surface area contributed by atoms with Crippen LogP contribution in [0.3, 0.4) is 0 Å². The van der Waals surface area contributed by atoms with Gasteiger partial charge in [-0.15, -0.1) is 0 Å². The molecule has 0 N–H and O–H groups in total. The van der Waals surface area contributed by atoms with Crippen LogP contribution in [0.15, 0.2) is 49.0 Å². The van der Waals surface area contributed by atoms with Gasteiger partial charge >= 0.3 is 0 Å². The van der Waals surface area contributed by atoms with E-state index in [1.807, 2.05) is 31.3 Å². The molecule has 0 spiro atoms. The number of aromatic nitrogens is 1. The van der Waals surface area contributed by atoms with E-state index >= 15 is 0 Å². The molecule has 0 amide bonds. The fraction of sp³-hybridized carbons (Fsp3) is 0.167. The summed E-state index contributed by atoms with van der Waals surface area (Å²) in [6, 6.07) is 3.39. The molecule has 0 saturated carbocycles. The lowest BCUT2D eigenvalue weighted by Crippen LogP contribution is -1.99. The van der Waals surface area contributed by atoms with Crippen LogP contribution < -0.4 is 0 Å². The predicted molar refractivity (Wildman–Crippen MR) is 60.5 cm³/mol. The van der Waals surface area contributed by atoms with Crippen molar-refractivity contribution in [3.63, 3.8) is 0 Å². The highest BCUT2D eigenvalue weighted by Gasteiger charge is 1.97. The highest BCUT2D eigenvalue weighted by atomic mass is 16.1. The summed E-state index contributed by atoms with van der Waals surface area (Å²) in [5.41, 5.74) is 0.652. The zero-order chi connectivity index (χ0) is 11.1. The maximum atomic E-state index is 11.5. The van der Waals surface area contributed by atoms with Gasteiger partial charge in [0.25, 0.3) is 0 Å². The number of carbonyl (C=O) groups excluding carboxylic acids is 1. The van der Waals surface area contributed by atoms with Crippen LogP contribution in [0.2, 0.25) is 0 Å². The van der Waals surface area contributed by atoms with Crippen LogP contribution in [0.4, 0.5) is 0 Å². The zero-order valence-electron chi connectivity index (χ0n) is 8.92. The Bertz CT molecular complexity index is 366. The number of carbonyl (C=O) groups is 1. The lowest BCUT2D eigenvalue weighted by molar-refractivity contribution is 0.104. The van der Waals surface area contributed by atoms with E-state index in [-0.39, 0.29) is 5.78 Å². The molecule has 0 aliphatic carbocycles. The first kappa shape index (κ1) is 11.2. The molecule has 1 aromatic heterocycles. The Labute approximate surface area is 89.7 Å². The van der Waals surface area contributed by atoms with Crippen molar-refractivity contribution in [2.24, 2.45) is 0 Å². The van der Waals surface area contributed by atoms with Crippen molar-refractivity contribution in [3.8, 4) is 0 Å². The molecule has 0 saturated heterocycles. The number of pyridine rings is 1. The van der Waals surface area contributed by atoms with Crippen molar-refractivity contribution >= 4 is 5.78 Å².